The quantitative estimate of drug-likeness (QED) is 0.761. The van der Waals surface area contributed by atoms with Gasteiger partial charge in [0.05, 0.1) is 4.88 Å². The van der Waals surface area contributed by atoms with Crippen molar-refractivity contribution in [3.05, 3.63) is 46.5 Å². The van der Waals surface area contributed by atoms with E-state index in [1.165, 1.54) is 11.3 Å². The number of carbonyl (C=O) groups excluding carboxylic acids is 2. The Morgan fingerprint density at radius 3 is 3.00 bits per heavy atom. The van der Waals surface area contributed by atoms with Crippen LogP contribution in [-0.4, -0.2) is 34.3 Å². The van der Waals surface area contributed by atoms with E-state index in [1.54, 1.807) is 30.0 Å². The summed E-state index contributed by atoms with van der Waals surface area (Å²) < 4.78 is 5.52. The lowest BCUT2D eigenvalue weighted by atomic mass is 10.0. The minimum Gasteiger partial charge on any atom is -0.441 e. The zero-order chi connectivity index (χ0) is 18.1. The molecule has 0 bridgehead atoms. The molecule has 1 aliphatic heterocycles. The second-order valence-corrected chi connectivity index (χ2v) is 7.34. The molecule has 3 heterocycles. The molecule has 1 aromatic carbocycles. The van der Waals surface area contributed by atoms with Crippen molar-refractivity contribution in [3.8, 4) is 0 Å². The average Bonchev–Trinajstić information content (AvgIpc) is 3.29. The molecule has 0 aliphatic carbocycles. The molecule has 3 aromatic rings. The molecule has 0 spiro atoms. The summed E-state index contributed by atoms with van der Waals surface area (Å²) >= 11 is 1.40. The SMILES string of the molecule is Cc1nc2ccc(NC(=O)C3CCCCN3C(=O)c3cccs3)cc2o1. The van der Waals surface area contributed by atoms with E-state index in [4.69, 9.17) is 4.42 Å². The minimum absolute atomic E-state index is 0.0684. The summed E-state index contributed by atoms with van der Waals surface area (Å²) in [6, 6.07) is 8.59. The standard InChI is InChI=1S/C19H19N3O3S/c1-12-20-14-8-7-13(11-16(14)25-12)21-18(23)15-5-2-3-9-22(15)19(24)17-6-4-10-26-17/h4,6-8,10-11,15H,2-3,5,9H2,1H3,(H,21,23). The Bertz CT molecular complexity index is 948. The molecule has 0 saturated carbocycles. The van der Waals surface area contributed by atoms with Gasteiger partial charge in [0.2, 0.25) is 5.91 Å². The van der Waals surface area contributed by atoms with Crippen molar-refractivity contribution < 1.29 is 14.0 Å². The lowest BCUT2D eigenvalue weighted by Crippen LogP contribution is -2.49. The predicted octanol–water partition coefficient (Wildman–Crippen LogP) is 3.83. The lowest BCUT2D eigenvalue weighted by molar-refractivity contribution is -0.121. The summed E-state index contributed by atoms with van der Waals surface area (Å²) in [5.74, 6) is 0.356. The van der Waals surface area contributed by atoms with Gasteiger partial charge in [-0.15, -0.1) is 11.3 Å². The van der Waals surface area contributed by atoms with Gasteiger partial charge in [0, 0.05) is 25.2 Å². The number of rotatable bonds is 3. The van der Waals surface area contributed by atoms with Crippen molar-refractivity contribution in [2.24, 2.45) is 0 Å². The fourth-order valence-corrected chi connectivity index (χ4v) is 4.01. The summed E-state index contributed by atoms with van der Waals surface area (Å²) in [5.41, 5.74) is 2.04. The highest BCUT2D eigenvalue weighted by molar-refractivity contribution is 7.12. The minimum atomic E-state index is -0.453. The highest BCUT2D eigenvalue weighted by Gasteiger charge is 2.33. The van der Waals surface area contributed by atoms with Crippen LogP contribution in [0.2, 0.25) is 0 Å². The first kappa shape index (κ1) is 16.8. The number of oxazole rings is 1. The molecule has 26 heavy (non-hydrogen) atoms. The van der Waals surface area contributed by atoms with Crippen LogP contribution in [0, 0.1) is 6.92 Å². The smallest absolute Gasteiger partial charge is 0.264 e. The second kappa shape index (κ2) is 6.92. The third-order valence-corrected chi connectivity index (χ3v) is 5.42. The normalized spacial score (nSPS) is 17.4. The van der Waals surface area contributed by atoms with Crippen LogP contribution < -0.4 is 5.32 Å². The molecule has 6 nitrogen and oxygen atoms in total. The molecule has 2 amide bonds. The van der Waals surface area contributed by atoms with E-state index in [1.807, 2.05) is 17.5 Å². The number of piperidine rings is 1. The van der Waals surface area contributed by atoms with Crippen molar-refractivity contribution in [1.82, 2.24) is 9.88 Å². The maximum atomic E-state index is 12.8. The molecule has 1 saturated heterocycles. The Balaban J connectivity index is 1.53. The second-order valence-electron chi connectivity index (χ2n) is 6.39. The summed E-state index contributed by atoms with van der Waals surface area (Å²) in [6.07, 6.45) is 2.53. The van der Waals surface area contributed by atoms with Crippen molar-refractivity contribution in [1.29, 1.82) is 0 Å². The van der Waals surface area contributed by atoms with Gasteiger partial charge in [0.15, 0.2) is 11.5 Å². The van der Waals surface area contributed by atoms with E-state index in [0.717, 1.165) is 18.4 Å². The zero-order valence-electron chi connectivity index (χ0n) is 14.4. The molecule has 1 unspecified atom stereocenters. The molecule has 4 rings (SSSR count). The number of likely N-dealkylation sites (tertiary alicyclic amines) is 1. The van der Waals surface area contributed by atoms with E-state index < -0.39 is 6.04 Å². The van der Waals surface area contributed by atoms with E-state index >= 15 is 0 Å². The van der Waals surface area contributed by atoms with Crippen LogP contribution in [0.5, 0.6) is 0 Å². The van der Waals surface area contributed by atoms with Gasteiger partial charge < -0.3 is 14.6 Å². The fraction of sp³-hybridized carbons (Fsp3) is 0.316. The number of aromatic nitrogens is 1. The number of nitrogens with one attached hydrogen (secondary N) is 1. The molecule has 0 radical (unpaired) electrons. The monoisotopic (exact) mass is 369 g/mol. The van der Waals surface area contributed by atoms with Crippen LogP contribution in [0.25, 0.3) is 11.1 Å². The number of fused-ring (bicyclic) bond motifs is 1. The number of anilines is 1. The molecular formula is C19H19N3O3S. The average molecular weight is 369 g/mol. The Labute approximate surface area is 154 Å². The first-order valence-corrected chi connectivity index (χ1v) is 9.52. The van der Waals surface area contributed by atoms with Crippen LogP contribution in [0.4, 0.5) is 5.69 Å². The predicted molar refractivity (Wildman–Crippen MR) is 100 cm³/mol. The van der Waals surface area contributed by atoms with Crippen molar-refractivity contribution in [2.45, 2.75) is 32.2 Å². The van der Waals surface area contributed by atoms with Crippen LogP contribution >= 0.6 is 11.3 Å². The van der Waals surface area contributed by atoms with Gasteiger partial charge in [0.25, 0.3) is 5.91 Å². The van der Waals surface area contributed by atoms with Crippen molar-refractivity contribution in [2.75, 3.05) is 11.9 Å². The molecule has 1 aliphatic rings. The van der Waals surface area contributed by atoms with Crippen LogP contribution in [-0.2, 0) is 4.79 Å². The summed E-state index contributed by atoms with van der Waals surface area (Å²) in [4.78, 5) is 32.2. The number of carbonyl (C=O) groups is 2. The Hall–Kier alpha value is -2.67. The van der Waals surface area contributed by atoms with Crippen LogP contribution in [0.3, 0.4) is 0 Å². The number of aryl methyl sites for hydroxylation is 1. The van der Waals surface area contributed by atoms with Crippen LogP contribution in [0.15, 0.2) is 40.1 Å². The van der Waals surface area contributed by atoms with Gasteiger partial charge in [-0.3, -0.25) is 9.59 Å². The summed E-state index contributed by atoms with van der Waals surface area (Å²) in [5, 5.41) is 4.80. The fourth-order valence-electron chi connectivity index (χ4n) is 3.33. The largest absolute Gasteiger partial charge is 0.441 e. The lowest BCUT2D eigenvalue weighted by Gasteiger charge is -2.34. The van der Waals surface area contributed by atoms with E-state index in [9.17, 15) is 9.59 Å². The highest BCUT2D eigenvalue weighted by atomic mass is 32.1. The number of hydrogen-bond acceptors (Lipinski definition) is 5. The Morgan fingerprint density at radius 1 is 1.31 bits per heavy atom. The maximum absolute atomic E-state index is 12.8. The molecule has 2 aromatic heterocycles. The van der Waals surface area contributed by atoms with Gasteiger partial charge in [-0.25, -0.2) is 4.98 Å². The Morgan fingerprint density at radius 2 is 2.19 bits per heavy atom. The molecule has 7 heteroatoms. The molecule has 1 fully saturated rings. The van der Waals surface area contributed by atoms with Gasteiger partial charge in [-0.1, -0.05) is 6.07 Å². The van der Waals surface area contributed by atoms with E-state index in [-0.39, 0.29) is 11.8 Å². The molecular weight excluding hydrogens is 350 g/mol. The topological polar surface area (TPSA) is 75.4 Å². The number of hydrogen-bond donors (Lipinski definition) is 1. The van der Waals surface area contributed by atoms with Crippen molar-refractivity contribution >= 4 is 39.9 Å². The maximum Gasteiger partial charge on any atom is 0.264 e. The number of amides is 2. The third-order valence-electron chi connectivity index (χ3n) is 4.56. The first-order chi connectivity index (χ1) is 12.6. The van der Waals surface area contributed by atoms with E-state index in [0.29, 0.717) is 35.0 Å². The van der Waals surface area contributed by atoms with E-state index in [2.05, 4.69) is 10.3 Å². The summed E-state index contributed by atoms with van der Waals surface area (Å²) in [7, 11) is 0. The Kier molecular flexibility index (Phi) is 4.46. The number of nitrogens with zero attached hydrogens (tertiary/aromatic N) is 2. The molecule has 1 N–H and O–H groups in total. The van der Waals surface area contributed by atoms with Gasteiger partial charge >= 0.3 is 0 Å². The highest BCUT2D eigenvalue weighted by Crippen LogP contribution is 2.24. The zero-order valence-corrected chi connectivity index (χ0v) is 15.2. The van der Waals surface area contributed by atoms with Gasteiger partial charge in [-0.05, 0) is 42.8 Å². The van der Waals surface area contributed by atoms with Crippen LogP contribution in [0.1, 0.15) is 34.8 Å². The molecule has 134 valence electrons. The van der Waals surface area contributed by atoms with Gasteiger partial charge in [-0.2, -0.15) is 0 Å². The number of benzene rings is 1. The third kappa shape index (κ3) is 3.22. The molecule has 1 atom stereocenters. The van der Waals surface area contributed by atoms with Gasteiger partial charge in [0.1, 0.15) is 11.6 Å². The first-order valence-electron chi connectivity index (χ1n) is 8.64. The summed E-state index contributed by atoms with van der Waals surface area (Å²) in [6.45, 7) is 2.39. The van der Waals surface area contributed by atoms with Crippen molar-refractivity contribution in [3.63, 3.8) is 0 Å². The number of thiophene rings is 1.